The lowest BCUT2D eigenvalue weighted by Gasteiger charge is -2.18. The van der Waals surface area contributed by atoms with E-state index in [1.807, 2.05) is 0 Å². The molecule has 318 valence electrons. The Balaban J connectivity index is 4.24. The van der Waals surface area contributed by atoms with E-state index in [-0.39, 0.29) is 25.2 Å². The zero-order chi connectivity index (χ0) is 40.7. The molecule has 0 aliphatic carbocycles. The summed E-state index contributed by atoms with van der Waals surface area (Å²) < 4.78 is 17.2. The van der Waals surface area contributed by atoms with Crippen LogP contribution in [0.1, 0.15) is 188 Å². The van der Waals surface area contributed by atoms with Crippen molar-refractivity contribution >= 4 is 11.9 Å². The van der Waals surface area contributed by atoms with Gasteiger partial charge in [0.2, 0.25) is 0 Å². The van der Waals surface area contributed by atoms with Crippen LogP contribution in [0.5, 0.6) is 0 Å². The first-order chi connectivity index (χ1) is 27.6. The fraction of sp³-hybridized carbons (Fsp3) is 0.647. The van der Waals surface area contributed by atoms with Crippen LogP contribution in [0, 0.1) is 0 Å². The molecule has 0 saturated heterocycles. The number of ether oxygens (including phenoxy) is 3. The Morgan fingerprint density at radius 1 is 0.411 bits per heavy atom. The van der Waals surface area contributed by atoms with E-state index >= 15 is 0 Å². The van der Waals surface area contributed by atoms with Gasteiger partial charge in [0.05, 0.1) is 6.61 Å². The summed E-state index contributed by atoms with van der Waals surface area (Å²) in [5.74, 6) is -0.462. The molecule has 5 nitrogen and oxygen atoms in total. The Morgan fingerprint density at radius 2 is 0.804 bits per heavy atom. The van der Waals surface area contributed by atoms with Crippen LogP contribution in [0.3, 0.4) is 0 Å². The second-order valence-corrected chi connectivity index (χ2v) is 14.5. The van der Waals surface area contributed by atoms with Gasteiger partial charge in [0.15, 0.2) is 6.10 Å². The summed E-state index contributed by atoms with van der Waals surface area (Å²) in [7, 11) is 0. The molecule has 0 aliphatic heterocycles. The maximum Gasteiger partial charge on any atom is 0.306 e. The van der Waals surface area contributed by atoms with Gasteiger partial charge in [-0.15, -0.1) is 0 Å². The van der Waals surface area contributed by atoms with Crippen molar-refractivity contribution in [3.63, 3.8) is 0 Å². The highest BCUT2D eigenvalue weighted by Gasteiger charge is 2.17. The lowest BCUT2D eigenvalue weighted by molar-refractivity contribution is -0.163. The Kier molecular flexibility index (Phi) is 43.6. The largest absolute Gasteiger partial charge is 0.462 e. The minimum absolute atomic E-state index is 0.0573. The highest BCUT2D eigenvalue weighted by Crippen LogP contribution is 2.11. The Morgan fingerprint density at radius 3 is 1.29 bits per heavy atom. The SMILES string of the molecule is CC/C=C\C/C=C\C/C=C\C/C=C\CCCCCCC(=O)OCC(COCCCCCCCC)OC(=O)CCCCCC/C=C\C/C=C\C/C=C\C/C=C\CC. The van der Waals surface area contributed by atoms with E-state index in [0.717, 1.165) is 128 Å². The number of carbonyl (C=O) groups is 2. The molecule has 0 saturated carbocycles. The minimum Gasteiger partial charge on any atom is -0.462 e. The average Bonchev–Trinajstić information content (AvgIpc) is 3.20. The molecule has 0 radical (unpaired) electrons. The van der Waals surface area contributed by atoms with Crippen LogP contribution in [0.4, 0.5) is 0 Å². The Hall–Kier alpha value is -3.18. The molecular weight excluding hydrogens is 693 g/mol. The molecule has 0 aromatic heterocycles. The van der Waals surface area contributed by atoms with Gasteiger partial charge in [0.1, 0.15) is 6.61 Å². The Labute approximate surface area is 345 Å². The second-order valence-electron chi connectivity index (χ2n) is 14.5. The summed E-state index contributed by atoms with van der Waals surface area (Å²) in [6.45, 7) is 7.49. The number of rotatable bonds is 40. The molecule has 1 unspecified atom stereocenters. The van der Waals surface area contributed by atoms with Crippen LogP contribution in [-0.4, -0.2) is 37.9 Å². The maximum absolute atomic E-state index is 12.7. The number of hydrogen-bond donors (Lipinski definition) is 0. The maximum atomic E-state index is 12.7. The summed E-state index contributed by atoms with van der Waals surface area (Å²) in [5, 5.41) is 0. The molecule has 0 spiro atoms. The Bertz CT molecular complexity index is 1110. The van der Waals surface area contributed by atoms with Crippen molar-refractivity contribution < 1.29 is 23.8 Å². The van der Waals surface area contributed by atoms with Crippen LogP contribution in [0.25, 0.3) is 0 Å². The molecule has 0 amide bonds. The molecule has 0 heterocycles. The standard InChI is InChI=1S/C51H84O5/c1-4-7-10-13-16-18-20-22-24-26-28-30-32-34-36-38-41-44-50(52)55-48-49(47-54-46-43-40-15-12-9-6-3)56-51(53)45-42-39-37-35-33-31-29-27-25-23-21-19-17-14-11-8-5-2/h7-8,10-11,16-19,22-25,28-31,49H,4-6,9,12-15,20-21,26-27,32-48H2,1-3H3/b10-7-,11-8-,18-16-,19-17-,24-22-,25-23-,30-28-,31-29-. The molecule has 0 bridgehead atoms. The van der Waals surface area contributed by atoms with Gasteiger partial charge in [-0.1, -0.05) is 176 Å². The molecule has 0 aliphatic rings. The van der Waals surface area contributed by atoms with Crippen molar-refractivity contribution in [2.75, 3.05) is 19.8 Å². The predicted octanol–water partition coefficient (Wildman–Crippen LogP) is 15.1. The number of esters is 2. The number of allylic oxidation sites excluding steroid dienone is 16. The van der Waals surface area contributed by atoms with Crippen LogP contribution in [0.2, 0.25) is 0 Å². The van der Waals surface area contributed by atoms with Crippen LogP contribution >= 0.6 is 0 Å². The molecule has 0 fully saturated rings. The molecule has 1 atom stereocenters. The second kappa shape index (κ2) is 46.2. The van der Waals surface area contributed by atoms with E-state index < -0.39 is 6.10 Å². The molecule has 0 aromatic rings. The first kappa shape index (κ1) is 52.8. The third-order valence-corrected chi connectivity index (χ3v) is 9.12. The van der Waals surface area contributed by atoms with Crippen molar-refractivity contribution in [1.29, 1.82) is 0 Å². The molecule has 0 aromatic carbocycles. The van der Waals surface area contributed by atoms with E-state index in [4.69, 9.17) is 14.2 Å². The molecule has 0 rings (SSSR count). The smallest absolute Gasteiger partial charge is 0.306 e. The molecule has 5 heteroatoms. The predicted molar refractivity (Wildman–Crippen MR) is 242 cm³/mol. The third-order valence-electron chi connectivity index (χ3n) is 9.12. The first-order valence-corrected chi connectivity index (χ1v) is 22.8. The van der Waals surface area contributed by atoms with Gasteiger partial charge in [0, 0.05) is 19.4 Å². The van der Waals surface area contributed by atoms with Gasteiger partial charge < -0.3 is 14.2 Å². The lowest BCUT2D eigenvalue weighted by atomic mass is 10.1. The monoisotopic (exact) mass is 777 g/mol. The topological polar surface area (TPSA) is 61.8 Å². The quantitative estimate of drug-likeness (QED) is 0.0352. The molecule has 56 heavy (non-hydrogen) atoms. The minimum atomic E-state index is -0.559. The molecular formula is C51H84O5. The fourth-order valence-electron chi connectivity index (χ4n) is 5.78. The number of hydrogen-bond acceptors (Lipinski definition) is 5. The van der Waals surface area contributed by atoms with Crippen molar-refractivity contribution in [3.05, 3.63) is 97.2 Å². The highest BCUT2D eigenvalue weighted by atomic mass is 16.6. The summed E-state index contributed by atoms with van der Waals surface area (Å²) in [5.41, 5.74) is 0. The number of unbranched alkanes of at least 4 members (excludes halogenated alkanes) is 13. The van der Waals surface area contributed by atoms with Gasteiger partial charge in [-0.25, -0.2) is 0 Å². The zero-order valence-corrected chi connectivity index (χ0v) is 36.4. The van der Waals surface area contributed by atoms with E-state index in [1.165, 1.54) is 25.7 Å². The van der Waals surface area contributed by atoms with E-state index in [9.17, 15) is 9.59 Å². The van der Waals surface area contributed by atoms with Gasteiger partial charge >= 0.3 is 11.9 Å². The summed E-state index contributed by atoms with van der Waals surface area (Å²) in [6, 6.07) is 0. The molecule has 0 N–H and O–H groups in total. The summed E-state index contributed by atoms with van der Waals surface area (Å²) >= 11 is 0. The fourth-order valence-corrected chi connectivity index (χ4v) is 5.78. The van der Waals surface area contributed by atoms with Gasteiger partial charge in [-0.3, -0.25) is 9.59 Å². The van der Waals surface area contributed by atoms with Gasteiger partial charge in [-0.05, 0) is 96.3 Å². The van der Waals surface area contributed by atoms with Crippen LogP contribution in [-0.2, 0) is 23.8 Å². The highest BCUT2D eigenvalue weighted by molar-refractivity contribution is 5.70. The van der Waals surface area contributed by atoms with Crippen LogP contribution < -0.4 is 0 Å². The lowest BCUT2D eigenvalue weighted by Crippen LogP contribution is -2.30. The third kappa shape index (κ3) is 43.5. The zero-order valence-electron chi connectivity index (χ0n) is 36.4. The van der Waals surface area contributed by atoms with Crippen molar-refractivity contribution in [1.82, 2.24) is 0 Å². The van der Waals surface area contributed by atoms with Gasteiger partial charge in [-0.2, -0.15) is 0 Å². The average molecular weight is 777 g/mol. The summed E-state index contributed by atoms with van der Waals surface area (Å²) in [6.07, 6.45) is 61.3. The van der Waals surface area contributed by atoms with E-state index in [0.29, 0.717) is 19.4 Å². The van der Waals surface area contributed by atoms with Crippen molar-refractivity contribution in [2.24, 2.45) is 0 Å². The normalized spacial score (nSPS) is 13.1. The number of carbonyl (C=O) groups excluding carboxylic acids is 2. The first-order valence-electron chi connectivity index (χ1n) is 22.8. The van der Waals surface area contributed by atoms with Crippen molar-refractivity contribution in [3.8, 4) is 0 Å². The van der Waals surface area contributed by atoms with E-state index in [1.54, 1.807) is 0 Å². The van der Waals surface area contributed by atoms with Crippen molar-refractivity contribution in [2.45, 2.75) is 194 Å². The van der Waals surface area contributed by atoms with Gasteiger partial charge in [0.25, 0.3) is 0 Å². The van der Waals surface area contributed by atoms with E-state index in [2.05, 4.69) is 118 Å². The summed E-state index contributed by atoms with van der Waals surface area (Å²) in [4.78, 5) is 25.2. The van der Waals surface area contributed by atoms with Crippen LogP contribution in [0.15, 0.2) is 97.2 Å².